The molecular formula is C3H9NO4. The Bertz CT molecular complexity index is 44.5. The standard InChI is InChI=1S/C3H9NO4/c4-3(7-1-5)8-2-6/h3,5-6H,1-2,4H2. The van der Waals surface area contributed by atoms with E-state index < -0.39 is 20.0 Å². The molecule has 0 saturated heterocycles. The maximum Gasteiger partial charge on any atom is 0.217 e. The molecule has 0 aliphatic carbocycles. The third-order valence-corrected chi connectivity index (χ3v) is 0.478. The molecule has 0 spiro atoms. The Balaban J connectivity index is 2.92. The number of aliphatic hydroxyl groups excluding tert-OH is 2. The Morgan fingerprint density at radius 1 is 1.25 bits per heavy atom. The minimum atomic E-state index is -1.04. The average molecular weight is 123 g/mol. The molecule has 4 N–H and O–H groups in total. The molecule has 0 aromatic carbocycles. The van der Waals surface area contributed by atoms with E-state index in [4.69, 9.17) is 15.9 Å². The number of nitrogens with two attached hydrogens (primary N) is 1. The van der Waals surface area contributed by atoms with Crippen molar-refractivity contribution in [2.45, 2.75) is 6.41 Å². The second-order valence-electron chi connectivity index (χ2n) is 0.960. The quantitative estimate of drug-likeness (QED) is 0.382. The van der Waals surface area contributed by atoms with Crippen LogP contribution in [0.25, 0.3) is 0 Å². The summed E-state index contributed by atoms with van der Waals surface area (Å²) in [7, 11) is 0. The molecule has 0 fully saturated rings. The van der Waals surface area contributed by atoms with E-state index in [0.29, 0.717) is 0 Å². The first-order chi connectivity index (χ1) is 3.81. The lowest BCUT2D eigenvalue weighted by Gasteiger charge is -2.07. The number of rotatable bonds is 4. The van der Waals surface area contributed by atoms with Gasteiger partial charge in [0.05, 0.1) is 0 Å². The Kier molecular flexibility index (Phi) is 4.82. The Morgan fingerprint density at radius 3 is 1.88 bits per heavy atom. The van der Waals surface area contributed by atoms with Crippen molar-refractivity contribution >= 4 is 0 Å². The summed E-state index contributed by atoms with van der Waals surface area (Å²) in [5.74, 6) is 0. The summed E-state index contributed by atoms with van der Waals surface area (Å²) in [5.41, 5.74) is 4.93. The molecule has 0 saturated carbocycles. The van der Waals surface area contributed by atoms with Crippen LogP contribution in [0.1, 0.15) is 0 Å². The molecule has 0 unspecified atom stereocenters. The fourth-order valence-corrected chi connectivity index (χ4v) is 0.195. The molecule has 0 aromatic heterocycles. The highest BCUT2D eigenvalue weighted by Gasteiger charge is 1.96. The van der Waals surface area contributed by atoms with Gasteiger partial charge in [0.1, 0.15) is 13.6 Å². The smallest absolute Gasteiger partial charge is 0.217 e. The van der Waals surface area contributed by atoms with Crippen LogP contribution in [0.5, 0.6) is 0 Å². The molecule has 0 bridgehead atoms. The molecule has 0 atom stereocenters. The van der Waals surface area contributed by atoms with Crippen molar-refractivity contribution in [3.63, 3.8) is 0 Å². The molecule has 0 rings (SSSR count). The third-order valence-electron chi connectivity index (χ3n) is 0.478. The molecule has 50 valence electrons. The largest absolute Gasteiger partial charge is 0.370 e. The zero-order chi connectivity index (χ0) is 6.41. The number of aliphatic hydroxyl groups is 2. The fourth-order valence-electron chi connectivity index (χ4n) is 0.195. The first-order valence-electron chi connectivity index (χ1n) is 2.01. The topological polar surface area (TPSA) is 84.9 Å². The predicted molar refractivity (Wildman–Crippen MR) is 24.3 cm³/mol. The lowest BCUT2D eigenvalue weighted by Crippen LogP contribution is -2.27. The van der Waals surface area contributed by atoms with Gasteiger partial charge in [0, 0.05) is 0 Å². The molecule has 8 heavy (non-hydrogen) atoms. The highest BCUT2D eigenvalue weighted by atomic mass is 16.8. The SMILES string of the molecule is NC(OCO)OCO. The van der Waals surface area contributed by atoms with E-state index in [1.54, 1.807) is 0 Å². The van der Waals surface area contributed by atoms with E-state index in [1.165, 1.54) is 0 Å². The highest BCUT2D eigenvalue weighted by Crippen LogP contribution is 1.80. The zero-order valence-electron chi connectivity index (χ0n) is 4.28. The van der Waals surface area contributed by atoms with Gasteiger partial charge in [-0.2, -0.15) is 0 Å². The van der Waals surface area contributed by atoms with Crippen LogP contribution in [-0.2, 0) is 9.47 Å². The van der Waals surface area contributed by atoms with Crippen LogP contribution in [0.4, 0.5) is 0 Å². The molecule has 0 aliphatic heterocycles. The van der Waals surface area contributed by atoms with Crippen LogP contribution >= 0.6 is 0 Å². The van der Waals surface area contributed by atoms with Gasteiger partial charge in [-0.3, -0.25) is 5.73 Å². The summed E-state index contributed by atoms with van der Waals surface area (Å²) >= 11 is 0. The maximum absolute atomic E-state index is 8.00. The van der Waals surface area contributed by atoms with Gasteiger partial charge in [0.25, 0.3) is 0 Å². The summed E-state index contributed by atoms with van der Waals surface area (Å²) in [6.07, 6.45) is -1.04. The second kappa shape index (κ2) is 4.95. The van der Waals surface area contributed by atoms with Crippen molar-refractivity contribution in [1.29, 1.82) is 0 Å². The average Bonchev–Trinajstić information content (AvgIpc) is 1.68. The van der Waals surface area contributed by atoms with E-state index >= 15 is 0 Å². The molecule has 0 aromatic rings. The summed E-state index contributed by atoms with van der Waals surface area (Å²) < 4.78 is 8.47. The van der Waals surface area contributed by atoms with Crippen LogP contribution in [0, 0.1) is 0 Å². The minimum absolute atomic E-state index is 0.513. The predicted octanol–water partition coefficient (Wildman–Crippen LogP) is -1.84. The van der Waals surface area contributed by atoms with Gasteiger partial charge in [-0.05, 0) is 0 Å². The second-order valence-corrected chi connectivity index (χ2v) is 0.960. The van der Waals surface area contributed by atoms with Crippen molar-refractivity contribution in [2.75, 3.05) is 13.6 Å². The van der Waals surface area contributed by atoms with E-state index in [-0.39, 0.29) is 0 Å². The Labute approximate surface area is 46.6 Å². The first kappa shape index (κ1) is 7.80. The van der Waals surface area contributed by atoms with E-state index in [2.05, 4.69) is 9.47 Å². The first-order valence-corrected chi connectivity index (χ1v) is 2.01. The molecule has 0 heterocycles. The molecule has 0 amide bonds. The number of hydrogen-bond acceptors (Lipinski definition) is 5. The van der Waals surface area contributed by atoms with Crippen LogP contribution in [0.2, 0.25) is 0 Å². The van der Waals surface area contributed by atoms with Crippen LogP contribution in [-0.4, -0.2) is 30.2 Å². The van der Waals surface area contributed by atoms with Crippen molar-refractivity contribution in [2.24, 2.45) is 5.73 Å². The van der Waals surface area contributed by atoms with Gasteiger partial charge in [0.2, 0.25) is 6.41 Å². The summed E-state index contributed by atoms with van der Waals surface area (Å²) in [6.45, 7) is -1.03. The maximum atomic E-state index is 8.00. The van der Waals surface area contributed by atoms with E-state index in [0.717, 1.165) is 0 Å². The van der Waals surface area contributed by atoms with E-state index in [1.807, 2.05) is 0 Å². The Hall–Kier alpha value is -0.200. The van der Waals surface area contributed by atoms with Crippen LogP contribution < -0.4 is 5.73 Å². The van der Waals surface area contributed by atoms with Crippen LogP contribution in [0.15, 0.2) is 0 Å². The summed E-state index contributed by atoms with van der Waals surface area (Å²) in [6, 6.07) is 0. The van der Waals surface area contributed by atoms with Gasteiger partial charge in [-0.1, -0.05) is 0 Å². The molecule has 0 aliphatic rings. The number of ether oxygens (including phenoxy) is 2. The lowest BCUT2D eigenvalue weighted by atomic mass is 11.1. The van der Waals surface area contributed by atoms with Gasteiger partial charge in [-0.25, -0.2) is 0 Å². The van der Waals surface area contributed by atoms with Crippen molar-refractivity contribution in [1.82, 2.24) is 0 Å². The monoisotopic (exact) mass is 123 g/mol. The number of hydrogen-bond donors (Lipinski definition) is 3. The van der Waals surface area contributed by atoms with E-state index in [9.17, 15) is 0 Å². The molecule has 5 heteroatoms. The normalized spacial score (nSPS) is 10.5. The molecule has 0 radical (unpaired) electrons. The summed E-state index contributed by atoms with van der Waals surface area (Å²) in [5, 5.41) is 16.0. The van der Waals surface area contributed by atoms with Crippen molar-refractivity contribution in [3.05, 3.63) is 0 Å². The van der Waals surface area contributed by atoms with Crippen LogP contribution in [0.3, 0.4) is 0 Å². The molecular weight excluding hydrogens is 114 g/mol. The minimum Gasteiger partial charge on any atom is -0.370 e. The lowest BCUT2D eigenvalue weighted by molar-refractivity contribution is -0.206. The summed E-state index contributed by atoms with van der Waals surface area (Å²) in [4.78, 5) is 0. The molecule has 5 nitrogen and oxygen atoms in total. The van der Waals surface area contributed by atoms with Gasteiger partial charge >= 0.3 is 0 Å². The van der Waals surface area contributed by atoms with Gasteiger partial charge in [0.15, 0.2) is 0 Å². The Morgan fingerprint density at radius 2 is 1.62 bits per heavy atom. The van der Waals surface area contributed by atoms with Crippen molar-refractivity contribution < 1.29 is 19.7 Å². The van der Waals surface area contributed by atoms with Gasteiger partial charge in [-0.15, -0.1) is 0 Å². The fraction of sp³-hybridized carbons (Fsp3) is 1.00. The third kappa shape index (κ3) is 3.97. The van der Waals surface area contributed by atoms with Crippen molar-refractivity contribution in [3.8, 4) is 0 Å². The van der Waals surface area contributed by atoms with Gasteiger partial charge < -0.3 is 19.7 Å². The zero-order valence-corrected chi connectivity index (χ0v) is 4.28. The highest BCUT2D eigenvalue weighted by molar-refractivity contribution is 4.17.